The van der Waals surface area contributed by atoms with E-state index in [9.17, 15) is 18.0 Å². The number of amides is 1. The first-order valence-electron chi connectivity index (χ1n) is 14.1. The van der Waals surface area contributed by atoms with Crippen LogP contribution in [-0.4, -0.2) is 61.1 Å². The fourth-order valence-electron chi connectivity index (χ4n) is 4.93. The van der Waals surface area contributed by atoms with Crippen LogP contribution in [0.4, 0.5) is 10.5 Å². The highest BCUT2D eigenvalue weighted by molar-refractivity contribution is 7.93. The summed E-state index contributed by atoms with van der Waals surface area (Å²) in [5.41, 5.74) is 9.49. The smallest absolute Gasteiger partial charge is 0.435 e. The molecular formula is C32H32N6O6S. The van der Waals surface area contributed by atoms with Gasteiger partial charge in [-0.15, -0.1) is 0 Å². The molecule has 2 aromatic heterocycles. The molecule has 232 valence electrons. The molecule has 2 heterocycles. The number of amidine groups is 1. The van der Waals surface area contributed by atoms with Gasteiger partial charge in [-0.1, -0.05) is 42.5 Å². The number of para-hydroxylation sites is 1. The fourth-order valence-corrected chi connectivity index (χ4v) is 6.50. The molecule has 0 spiro atoms. The number of methoxy groups -OCH3 is 1. The van der Waals surface area contributed by atoms with E-state index < -0.39 is 28.6 Å². The average Bonchev–Trinajstić information content (AvgIpc) is 3.36. The van der Waals surface area contributed by atoms with Crippen LogP contribution in [0.2, 0.25) is 0 Å². The topological polar surface area (TPSA) is 159 Å². The van der Waals surface area contributed by atoms with Crippen molar-refractivity contribution in [1.29, 1.82) is 0 Å². The van der Waals surface area contributed by atoms with Crippen LogP contribution < -0.4 is 10.0 Å². The number of pyridine rings is 1. The van der Waals surface area contributed by atoms with Gasteiger partial charge < -0.3 is 19.8 Å². The number of carbonyl (C=O) groups excluding carboxylic acids is 2. The number of hydrogen-bond acceptors (Lipinski definition) is 8. The lowest BCUT2D eigenvalue weighted by Crippen LogP contribution is -2.36. The maximum absolute atomic E-state index is 14.0. The number of esters is 1. The van der Waals surface area contributed by atoms with Crippen LogP contribution in [0.5, 0.6) is 0 Å². The molecule has 3 aromatic carbocycles. The molecule has 13 heteroatoms. The van der Waals surface area contributed by atoms with Gasteiger partial charge in [0, 0.05) is 30.6 Å². The van der Waals surface area contributed by atoms with Crippen LogP contribution in [-0.2, 0) is 44.2 Å². The molecular weight excluding hydrogens is 596 g/mol. The zero-order valence-electron chi connectivity index (χ0n) is 25.0. The number of ether oxygens (including phenoxy) is 2. The lowest BCUT2D eigenvalue weighted by Gasteiger charge is -2.24. The SMILES string of the molecule is CCOC(=O)N=C(N)c1ccc(CCc2nc3cc(N(CC(=O)OC)S(=O)(=O)c4cccc5cccnc45)ccc3n2C)cc1. The molecule has 5 aromatic rings. The number of fused-ring (bicyclic) bond motifs is 2. The molecule has 0 saturated heterocycles. The number of aromatic nitrogens is 3. The standard InChI is InChI=1S/C32H32N6O6S/c1-4-44-32(40)36-31(33)23-13-10-21(11-14-23)12-17-28-35-25-19-24(15-16-26(25)37(28)2)38(20-29(39)43-3)45(41,42)27-9-5-7-22-8-6-18-34-30(22)27/h5-11,13-16,18-19H,4,12,17,20H2,1-3H3,(H2,33,36,40). The van der Waals surface area contributed by atoms with E-state index >= 15 is 0 Å². The predicted octanol–water partition coefficient (Wildman–Crippen LogP) is 4.14. The number of rotatable bonds is 10. The molecule has 0 saturated carbocycles. The first-order valence-corrected chi connectivity index (χ1v) is 15.5. The van der Waals surface area contributed by atoms with Gasteiger partial charge in [0.05, 0.1) is 36.0 Å². The summed E-state index contributed by atoms with van der Waals surface area (Å²) in [5.74, 6) is 0.148. The predicted molar refractivity (Wildman–Crippen MR) is 171 cm³/mol. The van der Waals surface area contributed by atoms with Gasteiger partial charge in [0.2, 0.25) is 0 Å². The Morgan fingerprint density at radius 2 is 1.78 bits per heavy atom. The van der Waals surface area contributed by atoms with Crippen molar-refractivity contribution in [3.05, 3.63) is 95.9 Å². The van der Waals surface area contributed by atoms with Crippen LogP contribution in [0.15, 0.2) is 88.9 Å². The highest BCUT2D eigenvalue weighted by Gasteiger charge is 2.30. The Hall–Kier alpha value is -5.30. The number of aryl methyl sites for hydroxylation is 3. The molecule has 1 amide bonds. The Bertz CT molecular complexity index is 2020. The van der Waals surface area contributed by atoms with Gasteiger partial charge in [0.25, 0.3) is 10.0 Å². The summed E-state index contributed by atoms with van der Waals surface area (Å²) in [6.45, 7) is 1.38. The Morgan fingerprint density at radius 3 is 2.51 bits per heavy atom. The van der Waals surface area contributed by atoms with Gasteiger partial charge in [0.15, 0.2) is 0 Å². The van der Waals surface area contributed by atoms with E-state index in [4.69, 9.17) is 20.2 Å². The van der Waals surface area contributed by atoms with Crippen molar-refractivity contribution < 1.29 is 27.5 Å². The molecule has 0 aliphatic rings. The molecule has 0 radical (unpaired) electrons. The maximum atomic E-state index is 14.0. The molecule has 0 aliphatic heterocycles. The lowest BCUT2D eigenvalue weighted by atomic mass is 10.1. The average molecular weight is 629 g/mol. The van der Waals surface area contributed by atoms with Gasteiger partial charge in [0.1, 0.15) is 23.1 Å². The van der Waals surface area contributed by atoms with Crippen molar-refractivity contribution in [3.8, 4) is 0 Å². The molecule has 5 rings (SSSR count). The van der Waals surface area contributed by atoms with Gasteiger partial charge in [-0.05, 0) is 49.2 Å². The van der Waals surface area contributed by atoms with Gasteiger partial charge in [-0.25, -0.2) is 18.2 Å². The molecule has 2 N–H and O–H groups in total. The molecule has 45 heavy (non-hydrogen) atoms. The van der Waals surface area contributed by atoms with E-state index in [1.54, 1.807) is 61.5 Å². The summed E-state index contributed by atoms with van der Waals surface area (Å²) < 4.78 is 40.7. The minimum absolute atomic E-state index is 0.0220. The summed E-state index contributed by atoms with van der Waals surface area (Å²) >= 11 is 0. The van der Waals surface area contributed by atoms with E-state index in [0.717, 1.165) is 21.2 Å². The molecule has 0 fully saturated rings. The maximum Gasteiger partial charge on any atom is 0.435 e. The number of hydrogen-bond donors (Lipinski definition) is 1. The zero-order valence-corrected chi connectivity index (χ0v) is 25.8. The second kappa shape index (κ2) is 13.1. The number of nitrogens with zero attached hydrogens (tertiary/aromatic N) is 5. The summed E-state index contributed by atoms with van der Waals surface area (Å²) in [7, 11) is -1.13. The van der Waals surface area contributed by atoms with E-state index in [2.05, 4.69) is 9.98 Å². The number of sulfonamides is 1. The molecule has 0 unspecified atom stereocenters. The van der Waals surface area contributed by atoms with E-state index in [1.807, 2.05) is 23.7 Å². The van der Waals surface area contributed by atoms with Crippen molar-refractivity contribution >= 4 is 55.5 Å². The first-order chi connectivity index (χ1) is 21.6. The molecule has 0 atom stereocenters. The van der Waals surface area contributed by atoms with Gasteiger partial charge in [-0.2, -0.15) is 4.99 Å². The number of benzene rings is 3. The second-order valence-electron chi connectivity index (χ2n) is 10.1. The molecule has 0 bridgehead atoms. The van der Waals surface area contributed by atoms with Crippen LogP contribution in [0.3, 0.4) is 0 Å². The van der Waals surface area contributed by atoms with Crippen LogP contribution in [0.25, 0.3) is 21.9 Å². The fraction of sp³-hybridized carbons (Fsp3) is 0.219. The van der Waals surface area contributed by atoms with E-state index in [1.165, 1.54) is 19.4 Å². The summed E-state index contributed by atoms with van der Waals surface area (Å²) in [6, 6.07) is 20.9. The first kappa shape index (κ1) is 31.1. The third-order valence-electron chi connectivity index (χ3n) is 7.28. The quantitative estimate of drug-likeness (QED) is 0.136. The minimum Gasteiger partial charge on any atom is -0.468 e. The number of imidazole rings is 1. The monoisotopic (exact) mass is 628 g/mol. The lowest BCUT2D eigenvalue weighted by molar-refractivity contribution is -0.138. The number of anilines is 1. The Labute approximate surface area is 260 Å². The normalized spacial score (nSPS) is 11.9. The minimum atomic E-state index is -4.23. The van der Waals surface area contributed by atoms with Crippen LogP contribution in [0, 0.1) is 0 Å². The molecule has 12 nitrogen and oxygen atoms in total. The van der Waals surface area contributed by atoms with E-state index in [-0.39, 0.29) is 23.0 Å². The van der Waals surface area contributed by atoms with Gasteiger partial charge in [-0.3, -0.25) is 14.1 Å². The highest BCUT2D eigenvalue weighted by Crippen LogP contribution is 2.30. The van der Waals surface area contributed by atoms with Crippen LogP contribution in [0.1, 0.15) is 23.9 Å². The summed E-state index contributed by atoms with van der Waals surface area (Å²) in [5, 5.41) is 0.657. The summed E-state index contributed by atoms with van der Waals surface area (Å²) in [6.07, 6.45) is 2.05. The third-order valence-corrected chi connectivity index (χ3v) is 9.08. The largest absolute Gasteiger partial charge is 0.468 e. The number of aliphatic imine (C=N–C) groups is 1. The van der Waals surface area contributed by atoms with Crippen LogP contribution >= 0.6 is 0 Å². The van der Waals surface area contributed by atoms with Crippen molar-refractivity contribution in [2.75, 3.05) is 24.6 Å². The van der Waals surface area contributed by atoms with Gasteiger partial charge >= 0.3 is 12.1 Å². The number of carbonyl (C=O) groups is 2. The Kier molecular flexibility index (Phi) is 9.09. The Balaban J connectivity index is 1.41. The van der Waals surface area contributed by atoms with Crippen molar-refractivity contribution in [2.45, 2.75) is 24.7 Å². The number of nitrogens with two attached hydrogens (primary N) is 1. The van der Waals surface area contributed by atoms with Crippen molar-refractivity contribution in [2.24, 2.45) is 17.8 Å². The second-order valence-corrected chi connectivity index (χ2v) is 11.9. The third kappa shape index (κ3) is 6.63. The Morgan fingerprint density at radius 1 is 1.02 bits per heavy atom. The van der Waals surface area contributed by atoms with Crippen molar-refractivity contribution in [3.63, 3.8) is 0 Å². The zero-order chi connectivity index (χ0) is 32.1. The highest BCUT2D eigenvalue weighted by atomic mass is 32.2. The molecule has 0 aliphatic carbocycles. The van der Waals surface area contributed by atoms with Crippen molar-refractivity contribution in [1.82, 2.24) is 14.5 Å². The summed E-state index contributed by atoms with van der Waals surface area (Å²) in [4.78, 5) is 36.8. The van der Waals surface area contributed by atoms with E-state index in [0.29, 0.717) is 34.8 Å².